The highest BCUT2D eigenvalue weighted by molar-refractivity contribution is 5.77. The third-order valence-electron chi connectivity index (χ3n) is 2.02. The average Bonchev–Trinajstić information content (AvgIpc) is 2.18. The summed E-state index contributed by atoms with van der Waals surface area (Å²) >= 11 is 0. The molecule has 0 bridgehead atoms. The minimum Gasteiger partial charge on any atom is -0.375 e. The van der Waals surface area contributed by atoms with Crippen LogP contribution < -0.4 is 5.73 Å². The summed E-state index contributed by atoms with van der Waals surface area (Å²) in [5, 5.41) is 0. The second-order valence-electron chi connectivity index (χ2n) is 3.00. The molecule has 1 saturated heterocycles. The van der Waals surface area contributed by atoms with E-state index in [0.717, 1.165) is 0 Å². The van der Waals surface area contributed by atoms with E-state index in [9.17, 15) is 4.79 Å². The zero-order valence-electron chi connectivity index (χ0n) is 7.86. The Morgan fingerprint density at radius 1 is 1.77 bits per heavy atom. The van der Waals surface area contributed by atoms with E-state index in [4.69, 9.17) is 15.2 Å². The standard InChI is InChI=1S/C8H16N2O3/c1-12-6-8(11)10-2-3-13-7(4-9)5-10/h7H,2-6,9H2,1H3/t7-/m1/s1. The van der Waals surface area contributed by atoms with Crippen molar-refractivity contribution in [1.29, 1.82) is 0 Å². The SMILES string of the molecule is COCC(=O)N1CCO[C@H](CN)C1. The Hall–Kier alpha value is -0.650. The molecule has 0 spiro atoms. The van der Waals surface area contributed by atoms with Crippen LogP contribution in [0.15, 0.2) is 0 Å². The van der Waals surface area contributed by atoms with E-state index in [0.29, 0.717) is 26.2 Å². The van der Waals surface area contributed by atoms with Crippen LogP contribution in [0.4, 0.5) is 0 Å². The molecule has 5 heteroatoms. The molecule has 2 N–H and O–H groups in total. The number of hydrogen-bond donors (Lipinski definition) is 1. The number of morpholine rings is 1. The van der Waals surface area contributed by atoms with Crippen LogP contribution in [0.5, 0.6) is 0 Å². The Labute approximate surface area is 77.8 Å². The van der Waals surface area contributed by atoms with Crippen molar-refractivity contribution in [1.82, 2.24) is 4.90 Å². The third-order valence-corrected chi connectivity index (χ3v) is 2.02. The van der Waals surface area contributed by atoms with Crippen LogP contribution in [-0.2, 0) is 14.3 Å². The van der Waals surface area contributed by atoms with E-state index < -0.39 is 0 Å². The van der Waals surface area contributed by atoms with Crippen molar-refractivity contribution < 1.29 is 14.3 Å². The van der Waals surface area contributed by atoms with Gasteiger partial charge in [0.1, 0.15) is 6.61 Å². The number of hydrogen-bond acceptors (Lipinski definition) is 4. The molecule has 13 heavy (non-hydrogen) atoms. The summed E-state index contributed by atoms with van der Waals surface area (Å²) in [4.78, 5) is 13.1. The van der Waals surface area contributed by atoms with E-state index in [2.05, 4.69) is 0 Å². The summed E-state index contributed by atoms with van der Waals surface area (Å²) in [7, 11) is 1.51. The Balaban J connectivity index is 2.37. The van der Waals surface area contributed by atoms with Gasteiger partial charge in [0.25, 0.3) is 0 Å². The van der Waals surface area contributed by atoms with E-state index in [-0.39, 0.29) is 18.6 Å². The predicted molar refractivity (Wildman–Crippen MR) is 47.3 cm³/mol. The molecule has 1 aliphatic rings. The fourth-order valence-electron chi connectivity index (χ4n) is 1.30. The van der Waals surface area contributed by atoms with E-state index in [1.807, 2.05) is 0 Å². The van der Waals surface area contributed by atoms with Gasteiger partial charge in [-0.05, 0) is 0 Å². The Morgan fingerprint density at radius 2 is 2.54 bits per heavy atom. The number of ether oxygens (including phenoxy) is 2. The van der Waals surface area contributed by atoms with Crippen LogP contribution in [0.2, 0.25) is 0 Å². The lowest BCUT2D eigenvalue weighted by Gasteiger charge is -2.32. The molecule has 1 aliphatic heterocycles. The molecule has 1 amide bonds. The van der Waals surface area contributed by atoms with E-state index in [1.165, 1.54) is 7.11 Å². The molecule has 0 unspecified atom stereocenters. The molecule has 0 aromatic heterocycles. The number of nitrogens with two attached hydrogens (primary N) is 1. The Morgan fingerprint density at radius 3 is 3.15 bits per heavy atom. The first-order valence-electron chi connectivity index (χ1n) is 4.36. The predicted octanol–water partition coefficient (Wildman–Crippen LogP) is -1.18. The number of methoxy groups -OCH3 is 1. The second kappa shape index (κ2) is 5.16. The van der Waals surface area contributed by atoms with E-state index >= 15 is 0 Å². The van der Waals surface area contributed by atoms with Crippen molar-refractivity contribution in [3.63, 3.8) is 0 Å². The van der Waals surface area contributed by atoms with Gasteiger partial charge in [-0.15, -0.1) is 0 Å². The van der Waals surface area contributed by atoms with Crippen molar-refractivity contribution in [3.8, 4) is 0 Å². The van der Waals surface area contributed by atoms with Crippen LogP contribution in [0.1, 0.15) is 0 Å². The van der Waals surface area contributed by atoms with Gasteiger partial charge in [-0.1, -0.05) is 0 Å². The smallest absolute Gasteiger partial charge is 0.248 e. The molecule has 0 aliphatic carbocycles. The molecule has 0 aromatic rings. The number of carbonyl (C=O) groups excluding carboxylic acids is 1. The van der Waals surface area contributed by atoms with Gasteiger partial charge in [-0.3, -0.25) is 4.79 Å². The summed E-state index contributed by atoms with van der Waals surface area (Å²) < 4.78 is 10.1. The molecule has 1 atom stereocenters. The highest BCUT2D eigenvalue weighted by atomic mass is 16.5. The Bertz CT molecular complexity index is 175. The van der Waals surface area contributed by atoms with Crippen molar-refractivity contribution in [2.45, 2.75) is 6.10 Å². The van der Waals surface area contributed by atoms with Gasteiger partial charge in [-0.25, -0.2) is 0 Å². The number of rotatable bonds is 3. The second-order valence-corrected chi connectivity index (χ2v) is 3.00. The number of amides is 1. The summed E-state index contributed by atoms with van der Waals surface area (Å²) in [5.74, 6) is 0.00394. The maximum absolute atomic E-state index is 11.4. The fraction of sp³-hybridized carbons (Fsp3) is 0.875. The molecule has 0 aromatic carbocycles. The summed E-state index contributed by atoms with van der Waals surface area (Å²) in [6.45, 7) is 2.38. The van der Waals surface area contributed by atoms with Gasteiger partial charge in [0.15, 0.2) is 0 Å². The van der Waals surface area contributed by atoms with Gasteiger partial charge < -0.3 is 20.1 Å². The number of carbonyl (C=O) groups is 1. The van der Waals surface area contributed by atoms with E-state index in [1.54, 1.807) is 4.90 Å². The van der Waals surface area contributed by atoms with Crippen LogP contribution >= 0.6 is 0 Å². The van der Waals surface area contributed by atoms with Crippen LogP contribution in [0.25, 0.3) is 0 Å². The number of nitrogens with zero attached hydrogens (tertiary/aromatic N) is 1. The lowest BCUT2D eigenvalue weighted by atomic mass is 10.2. The summed E-state index contributed by atoms with van der Waals surface area (Å²) in [5.41, 5.74) is 5.45. The van der Waals surface area contributed by atoms with Crippen molar-refractivity contribution in [3.05, 3.63) is 0 Å². The largest absolute Gasteiger partial charge is 0.375 e. The van der Waals surface area contributed by atoms with Gasteiger partial charge in [0.2, 0.25) is 5.91 Å². The molecule has 0 saturated carbocycles. The first-order chi connectivity index (χ1) is 6.27. The van der Waals surface area contributed by atoms with Crippen molar-refractivity contribution in [2.24, 2.45) is 5.73 Å². The first kappa shape index (κ1) is 10.4. The average molecular weight is 188 g/mol. The minimum atomic E-state index is -0.0189. The molecular formula is C8H16N2O3. The molecule has 1 rings (SSSR count). The van der Waals surface area contributed by atoms with Crippen LogP contribution in [-0.4, -0.2) is 56.9 Å². The van der Waals surface area contributed by atoms with Gasteiger partial charge >= 0.3 is 0 Å². The summed E-state index contributed by atoms with van der Waals surface area (Å²) in [6.07, 6.45) is -0.0189. The van der Waals surface area contributed by atoms with Crippen molar-refractivity contribution >= 4 is 5.91 Å². The Kier molecular flexibility index (Phi) is 4.14. The molecule has 0 radical (unpaired) electrons. The highest BCUT2D eigenvalue weighted by Crippen LogP contribution is 2.04. The normalized spacial score (nSPS) is 23.2. The van der Waals surface area contributed by atoms with Crippen LogP contribution in [0.3, 0.4) is 0 Å². The fourth-order valence-corrected chi connectivity index (χ4v) is 1.30. The maximum atomic E-state index is 11.4. The molecular weight excluding hydrogens is 172 g/mol. The molecule has 76 valence electrons. The lowest BCUT2D eigenvalue weighted by Crippen LogP contribution is -2.49. The lowest BCUT2D eigenvalue weighted by molar-refractivity contribution is -0.142. The van der Waals surface area contributed by atoms with Gasteiger partial charge in [0, 0.05) is 26.7 Å². The summed E-state index contributed by atoms with van der Waals surface area (Å²) in [6, 6.07) is 0. The minimum absolute atomic E-state index is 0.00394. The van der Waals surface area contributed by atoms with Gasteiger partial charge in [-0.2, -0.15) is 0 Å². The quantitative estimate of drug-likeness (QED) is 0.605. The molecule has 1 heterocycles. The van der Waals surface area contributed by atoms with Crippen LogP contribution in [0, 0.1) is 0 Å². The maximum Gasteiger partial charge on any atom is 0.248 e. The first-order valence-corrected chi connectivity index (χ1v) is 4.36. The van der Waals surface area contributed by atoms with Crippen molar-refractivity contribution in [2.75, 3.05) is 40.0 Å². The topological polar surface area (TPSA) is 64.8 Å². The van der Waals surface area contributed by atoms with Gasteiger partial charge in [0.05, 0.1) is 12.7 Å². The zero-order chi connectivity index (χ0) is 9.68. The third kappa shape index (κ3) is 2.95. The zero-order valence-corrected chi connectivity index (χ0v) is 7.86. The molecule has 5 nitrogen and oxygen atoms in total. The molecule has 1 fully saturated rings. The monoisotopic (exact) mass is 188 g/mol. The highest BCUT2D eigenvalue weighted by Gasteiger charge is 2.22.